The van der Waals surface area contributed by atoms with E-state index in [4.69, 9.17) is 18.5 Å². The molecule has 55 heavy (non-hydrogen) atoms. The molecule has 0 fully saturated rings. The number of hydrogen-bond acceptors (Lipinski definition) is 9. The lowest BCUT2D eigenvalue weighted by molar-refractivity contribution is -0.870. The average molecular weight is 794 g/mol. The van der Waals surface area contributed by atoms with Gasteiger partial charge in [-0.05, 0) is 70.3 Å². The summed E-state index contributed by atoms with van der Waals surface area (Å²) < 4.78 is 33.7. The third kappa shape index (κ3) is 39.4. The molecule has 0 bridgehead atoms. The van der Waals surface area contributed by atoms with Gasteiger partial charge in [0, 0.05) is 19.3 Å². The topological polar surface area (TPSA) is 128 Å². The van der Waals surface area contributed by atoms with Crippen LogP contribution in [-0.4, -0.2) is 75.8 Å². The lowest BCUT2D eigenvalue weighted by atomic mass is 10.1. The Bertz CT molecular complexity index is 1190. The number of ketones is 1. The molecular weight excluding hydrogens is 717 g/mol. The summed E-state index contributed by atoms with van der Waals surface area (Å²) in [5.74, 6) is -0.841. The summed E-state index contributed by atoms with van der Waals surface area (Å²) in [6.07, 6.45) is 37.8. The van der Waals surface area contributed by atoms with E-state index in [-0.39, 0.29) is 31.8 Å². The zero-order valence-electron chi connectivity index (χ0n) is 35.1. The molecule has 2 atom stereocenters. The molecule has 0 aliphatic carbocycles. The number of phosphoric ester groups is 1. The van der Waals surface area contributed by atoms with Crippen LogP contribution in [0.15, 0.2) is 60.8 Å². The van der Waals surface area contributed by atoms with Crippen molar-refractivity contribution < 1.29 is 46.8 Å². The van der Waals surface area contributed by atoms with Gasteiger partial charge in [-0.2, -0.15) is 0 Å². The van der Waals surface area contributed by atoms with Gasteiger partial charge in [-0.1, -0.05) is 120 Å². The minimum absolute atomic E-state index is 0.0587. The molecule has 10 nitrogen and oxygen atoms in total. The van der Waals surface area contributed by atoms with Gasteiger partial charge in [-0.25, -0.2) is 0 Å². The minimum atomic E-state index is -4.66. The maximum Gasteiger partial charge on any atom is 0.306 e. The summed E-state index contributed by atoms with van der Waals surface area (Å²) in [6.45, 7) is 3.88. The molecule has 0 aromatic heterocycles. The van der Waals surface area contributed by atoms with E-state index >= 15 is 0 Å². The van der Waals surface area contributed by atoms with Gasteiger partial charge >= 0.3 is 11.9 Å². The molecule has 0 amide bonds. The van der Waals surface area contributed by atoms with Gasteiger partial charge in [0.05, 0.1) is 27.7 Å². The molecule has 0 aliphatic heterocycles. The highest BCUT2D eigenvalue weighted by atomic mass is 31.2. The van der Waals surface area contributed by atoms with E-state index in [1.807, 2.05) is 33.3 Å². The Morgan fingerprint density at radius 2 is 1.20 bits per heavy atom. The number of carbonyl (C=O) groups is 3. The molecule has 0 radical (unpaired) electrons. The van der Waals surface area contributed by atoms with E-state index < -0.39 is 32.5 Å². The predicted octanol–water partition coefficient (Wildman–Crippen LogP) is 10.2. The highest BCUT2D eigenvalue weighted by molar-refractivity contribution is 7.45. The van der Waals surface area contributed by atoms with E-state index in [0.717, 1.165) is 83.5 Å². The fourth-order valence-corrected chi connectivity index (χ4v) is 5.91. The molecule has 316 valence electrons. The number of phosphoric acid groups is 1. The zero-order chi connectivity index (χ0) is 40.9. The molecule has 11 heteroatoms. The van der Waals surface area contributed by atoms with Crippen LogP contribution in [0.4, 0.5) is 0 Å². The molecule has 0 aromatic rings. The Balaban J connectivity index is 4.52. The number of likely N-dealkylation sites (N-methyl/N-ethyl adjacent to an activating group) is 1. The lowest BCUT2D eigenvalue weighted by Crippen LogP contribution is -2.37. The van der Waals surface area contributed by atoms with Crippen LogP contribution in [0, 0.1) is 0 Å². The van der Waals surface area contributed by atoms with Gasteiger partial charge in [0.15, 0.2) is 11.9 Å². The van der Waals surface area contributed by atoms with Crippen LogP contribution in [0.5, 0.6) is 0 Å². The Morgan fingerprint density at radius 1 is 0.636 bits per heavy atom. The van der Waals surface area contributed by atoms with Gasteiger partial charge in [0.25, 0.3) is 7.82 Å². The van der Waals surface area contributed by atoms with Crippen molar-refractivity contribution >= 4 is 25.5 Å². The number of quaternary nitrogens is 1. The van der Waals surface area contributed by atoms with Crippen molar-refractivity contribution in [3.05, 3.63) is 60.8 Å². The third-order valence-electron chi connectivity index (χ3n) is 8.50. The second kappa shape index (κ2) is 35.8. The first-order chi connectivity index (χ1) is 26.4. The van der Waals surface area contributed by atoms with Crippen molar-refractivity contribution in [2.45, 2.75) is 155 Å². The van der Waals surface area contributed by atoms with Crippen LogP contribution in [-0.2, 0) is 37.5 Å². The lowest BCUT2D eigenvalue weighted by Gasteiger charge is -2.28. The van der Waals surface area contributed by atoms with Crippen LogP contribution in [0.3, 0.4) is 0 Å². The van der Waals surface area contributed by atoms with Crippen molar-refractivity contribution in [1.29, 1.82) is 0 Å². The van der Waals surface area contributed by atoms with Gasteiger partial charge in [-0.3, -0.25) is 18.9 Å². The number of ether oxygens (including phenoxy) is 2. The van der Waals surface area contributed by atoms with Gasteiger partial charge in [-0.15, -0.1) is 0 Å². The normalized spacial score (nSPS) is 14.1. The highest BCUT2D eigenvalue weighted by Crippen LogP contribution is 2.38. The molecule has 0 saturated heterocycles. The quantitative estimate of drug-likeness (QED) is 0.0115. The van der Waals surface area contributed by atoms with E-state index in [9.17, 15) is 23.8 Å². The number of nitrogens with zero attached hydrogens (tertiary/aromatic N) is 1. The first-order valence-corrected chi connectivity index (χ1v) is 22.4. The highest BCUT2D eigenvalue weighted by Gasteiger charge is 2.21. The Morgan fingerprint density at radius 3 is 1.85 bits per heavy atom. The second-order valence-corrected chi connectivity index (χ2v) is 16.4. The van der Waals surface area contributed by atoms with Crippen LogP contribution in [0.2, 0.25) is 0 Å². The van der Waals surface area contributed by atoms with E-state index in [1.54, 1.807) is 6.08 Å². The Kier molecular flexibility index (Phi) is 34.1. The molecule has 1 unspecified atom stereocenters. The van der Waals surface area contributed by atoms with Gasteiger partial charge in [0.2, 0.25) is 0 Å². The monoisotopic (exact) mass is 794 g/mol. The summed E-state index contributed by atoms with van der Waals surface area (Å²) in [5, 5.41) is 0. The number of hydrogen-bond donors (Lipinski definition) is 0. The maximum atomic E-state index is 12.6. The molecule has 0 aromatic carbocycles. The summed E-state index contributed by atoms with van der Waals surface area (Å²) in [7, 11) is 1.07. The number of rotatable bonds is 37. The molecule has 0 heterocycles. The second-order valence-electron chi connectivity index (χ2n) is 15.0. The van der Waals surface area contributed by atoms with Crippen molar-refractivity contribution in [2.24, 2.45) is 0 Å². The summed E-state index contributed by atoms with van der Waals surface area (Å²) in [5.41, 5.74) is 0. The number of allylic oxidation sites excluding steroid dienone is 10. The van der Waals surface area contributed by atoms with Gasteiger partial charge in [0.1, 0.15) is 19.8 Å². The average Bonchev–Trinajstić information content (AvgIpc) is 3.12. The van der Waals surface area contributed by atoms with E-state index in [2.05, 4.69) is 56.4 Å². The van der Waals surface area contributed by atoms with Crippen LogP contribution in [0.1, 0.15) is 149 Å². The summed E-state index contributed by atoms with van der Waals surface area (Å²) in [6, 6.07) is 0. The van der Waals surface area contributed by atoms with Crippen LogP contribution >= 0.6 is 7.82 Å². The minimum Gasteiger partial charge on any atom is -0.756 e. The zero-order valence-corrected chi connectivity index (χ0v) is 36.0. The first kappa shape index (κ1) is 52.4. The van der Waals surface area contributed by atoms with Crippen molar-refractivity contribution in [2.75, 3.05) is 47.5 Å². The molecule has 0 N–H and O–H groups in total. The summed E-state index contributed by atoms with van der Waals surface area (Å²) >= 11 is 0. The largest absolute Gasteiger partial charge is 0.756 e. The molecule has 0 saturated carbocycles. The van der Waals surface area contributed by atoms with Gasteiger partial charge < -0.3 is 27.9 Å². The van der Waals surface area contributed by atoms with Crippen molar-refractivity contribution in [3.8, 4) is 0 Å². The summed E-state index contributed by atoms with van der Waals surface area (Å²) in [4.78, 5) is 49.5. The number of esters is 2. The van der Waals surface area contributed by atoms with Crippen LogP contribution < -0.4 is 4.89 Å². The van der Waals surface area contributed by atoms with Crippen LogP contribution in [0.25, 0.3) is 0 Å². The molecule has 0 spiro atoms. The fourth-order valence-electron chi connectivity index (χ4n) is 5.18. The first-order valence-electron chi connectivity index (χ1n) is 20.9. The third-order valence-corrected chi connectivity index (χ3v) is 9.46. The molecule has 0 rings (SSSR count). The standard InChI is InChI=1S/C44H76NO9P/c1-6-8-10-12-14-15-16-17-18-19-20-21-23-27-31-35-43(47)51-39-42(40-53-55(49,50)52-38-37-45(3,4)5)54-44(48)36-32-28-24-26-30-34-41(46)33-29-25-22-13-11-9-7-2/h8,10,14-15,17-18,22,25,29,33,42H,6-7,9,11-13,16,19-21,23-24,26-28,30-32,34-40H2,1-5H3/b10-8-,15-14-,18-17-,25-22-,33-29+/t42-/m1/s1. The van der Waals surface area contributed by atoms with Crippen molar-refractivity contribution in [1.82, 2.24) is 0 Å². The fraction of sp³-hybridized carbons (Fsp3) is 0.705. The molecular formula is C44H76NO9P. The molecule has 0 aliphatic rings. The smallest absolute Gasteiger partial charge is 0.306 e. The maximum absolute atomic E-state index is 12.6. The Labute approximate surface area is 334 Å². The Hall–Kier alpha value is -2.62. The predicted molar refractivity (Wildman–Crippen MR) is 222 cm³/mol. The van der Waals surface area contributed by atoms with Crippen molar-refractivity contribution in [3.63, 3.8) is 0 Å². The van der Waals surface area contributed by atoms with E-state index in [0.29, 0.717) is 30.3 Å². The SMILES string of the molecule is CC/C=C\C/C=C\C/C=C\CCCCCCCC(=O)OC[C@H](COP(=O)([O-])OCC[N+](C)(C)C)OC(=O)CCCCCCCC(=O)/C=C/C=C\CCCCC. The number of unbranched alkanes of at least 4 members (excludes halogenated alkanes) is 12. The van der Waals surface area contributed by atoms with E-state index in [1.165, 1.54) is 19.3 Å². The number of carbonyl (C=O) groups excluding carboxylic acids is 3.